The molecule has 0 saturated heterocycles. The number of anilines is 1. The molecule has 0 radical (unpaired) electrons. The molecule has 4 N–H and O–H groups in total. The Morgan fingerprint density at radius 1 is 0.917 bits per heavy atom. The van der Waals surface area contributed by atoms with Gasteiger partial charge in [-0.2, -0.15) is 0 Å². The molecule has 0 unspecified atom stereocenters. The molecule has 0 aliphatic heterocycles. The molecular formula is C16H14ClN3O4. The summed E-state index contributed by atoms with van der Waals surface area (Å²) < 4.78 is 4.82. The van der Waals surface area contributed by atoms with Gasteiger partial charge in [-0.1, -0.05) is 11.6 Å². The molecule has 7 nitrogen and oxygen atoms in total. The van der Waals surface area contributed by atoms with Crippen LogP contribution in [0.3, 0.4) is 0 Å². The average Bonchev–Trinajstić information content (AvgIpc) is 2.58. The number of amides is 2. The van der Waals surface area contributed by atoms with E-state index in [9.17, 15) is 14.4 Å². The van der Waals surface area contributed by atoms with Crippen molar-refractivity contribution in [1.82, 2.24) is 10.9 Å². The molecule has 24 heavy (non-hydrogen) atoms. The maximum absolute atomic E-state index is 11.8. The number of rotatable bonds is 4. The van der Waals surface area contributed by atoms with Crippen LogP contribution in [0.25, 0.3) is 0 Å². The van der Waals surface area contributed by atoms with Crippen molar-refractivity contribution < 1.29 is 19.1 Å². The van der Waals surface area contributed by atoms with Crippen LogP contribution in [0.2, 0.25) is 5.02 Å². The SMILES string of the molecule is Nc1ccc(C(=O)OCC(=O)NNC(=O)c2ccc(Cl)cc2)cc1. The van der Waals surface area contributed by atoms with Gasteiger partial charge in [0, 0.05) is 16.3 Å². The van der Waals surface area contributed by atoms with Crippen LogP contribution in [0.5, 0.6) is 0 Å². The minimum atomic E-state index is -0.680. The van der Waals surface area contributed by atoms with Crippen LogP contribution < -0.4 is 16.6 Å². The predicted molar refractivity (Wildman–Crippen MR) is 88.2 cm³/mol. The normalized spacial score (nSPS) is 9.88. The highest BCUT2D eigenvalue weighted by molar-refractivity contribution is 6.30. The lowest BCUT2D eigenvalue weighted by Crippen LogP contribution is -2.43. The van der Waals surface area contributed by atoms with Crippen LogP contribution in [-0.2, 0) is 9.53 Å². The first-order valence-corrected chi connectivity index (χ1v) is 7.21. The highest BCUT2D eigenvalue weighted by atomic mass is 35.5. The van der Waals surface area contributed by atoms with E-state index in [1.807, 2.05) is 0 Å². The van der Waals surface area contributed by atoms with Crippen molar-refractivity contribution >= 4 is 35.1 Å². The predicted octanol–water partition coefficient (Wildman–Crippen LogP) is 1.54. The molecule has 2 amide bonds. The molecule has 2 aromatic rings. The third-order valence-electron chi connectivity index (χ3n) is 2.90. The zero-order valence-electron chi connectivity index (χ0n) is 12.4. The fourth-order valence-electron chi connectivity index (χ4n) is 1.67. The molecule has 0 atom stereocenters. The number of hydrogen-bond acceptors (Lipinski definition) is 5. The molecule has 0 aliphatic carbocycles. The highest BCUT2D eigenvalue weighted by Crippen LogP contribution is 2.09. The van der Waals surface area contributed by atoms with Gasteiger partial charge in [-0.05, 0) is 48.5 Å². The molecule has 0 saturated carbocycles. The van der Waals surface area contributed by atoms with E-state index < -0.39 is 24.4 Å². The number of carbonyl (C=O) groups is 3. The third-order valence-corrected chi connectivity index (χ3v) is 3.15. The number of nitrogen functional groups attached to an aromatic ring is 1. The molecule has 0 aliphatic rings. The largest absolute Gasteiger partial charge is 0.452 e. The number of ether oxygens (including phenoxy) is 1. The topological polar surface area (TPSA) is 111 Å². The number of hydrazine groups is 1. The Morgan fingerprint density at radius 2 is 1.50 bits per heavy atom. The summed E-state index contributed by atoms with van der Waals surface area (Å²) in [6, 6.07) is 12.2. The summed E-state index contributed by atoms with van der Waals surface area (Å²) in [6.45, 7) is -0.538. The molecule has 8 heteroatoms. The maximum atomic E-state index is 11.8. The minimum absolute atomic E-state index is 0.266. The molecule has 0 heterocycles. The van der Waals surface area contributed by atoms with Gasteiger partial charge < -0.3 is 10.5 Å². The summed E-state index contributed by atoms with van der Waals surface area (Å²) in [5.41, 5.74) is 10.9. The smallest absolute Gasteiger partial charge is 0.338 e. The van der Waals surface area contributed by atoms with E-state index in [0.29, 0.717) is 16.3 Å². The summed E-state index contributed by atoms with van der Waals surface area (Å²) >= 11 is 5.72. The summed E-state index contributed by atoms with van der Waals surface area (Å²) in [5.74, 6) is -1.87. The Labute approximate surface area is 142 Å². The standard InChI is InChI=1S/C16H14ClN3O4/c17-12-5-1-10(2-6-12)15(22)20-19-14(21)9-24-16(23)11-3-7-13(18)8-4-11/h1-8H,9,18H2,(H,19,21)(H,20,22). The number of halogens is 1. The van der Waals surface area contributed by atoms with Crippen LogP contribution in [-0.4, -0.2) is 24.4 Å². The Hall–Kier alpha value is -3.06. The fraction of sp³-hybridized carbons (Fsp3) is 0.0625. The van der Waals surface area contributed by atoms with Gasteiger partial charge in [0.2, 0.25) is 0 Å². The van der Waals surface area contributed by atoms with Crippen molar-refractivity contribution in [3.63, 3.8) is 0 Å². The van der Waals surface area contributed by atoms with Crippen LogP contribution in [0.1, 0.15) is 20.7 Å². The lowest BCUT2D eigenvalue weighted by molar-refractivity contribution is -0.125. The average molecular weight is 348 g/mol. The second-order valence-electron chi connectivity index (χ2n) is 4.71. The second-order valence-corrected chi connectivity index (χ2v) is 5.14. The maximum Gasteiger partial charge on any atom is 0.338 e. The van der Waals surface area contributed by atoms with Crippen molar-refractivity contribution in [2.75, 3.05) is 12.3 Å². The summed E-state index contributed by atoms with van der Waals surface area (Å²) in [5, 5.41) is 0.491. The van der Waals surface area contributed by atoms with Crippen LogP contribution in [0.4, 0.5) is 5.69 Å². The molecule has 0 aromatic heterocycles. The molecular weight excluding hydrogens is 334 g/mol. The van der Waals surface area contributed by atoms with Crippen LogP contribution >= 0.6 is 11.6 Å². The zero-order chi connectivity index (χ0) is 17.5. The zero-order valence-corrected chi connectivity index (χ0v) is 13.2. The Morgan fingerprint density at radius 3 is 2.12 bits per heavy atom. The minimum Gasteiger partial charge on any atom is -0.452 e. The molecule has 0 spiro atoms. The molecule has 0 bridgehead atoms. The van der Waals surface area contributed by atoms with Crippen LogP contribution in [0, 0.1) is 0 Å². The Balaban J connectivity index is 1.77. The van der Waals surface area contributed by atoms with Gasteiger partial charge in [0.1, 0.15) is 0 Å². The van der Waals surface area contributed by atoms with E-state index >= 15 is 0 Å². The Kier molecular flexibility index (Phi) is 5.75. The van der Waals surface area contributed by atoms with Gasteiger partial charge in [-0.25, -0.2) is 4.79 Å². The number of nitrogens with two attached hydrogens (primary N) is 1. The van der Waals surface area contributed by atoms with E-state index in [1.54, 1.807) is 24.3 Å². The van der Waals surface area contributed by atoms with Gasteiger partial charge in [-0.3, -0.25) is 20.4 Å². The van der Waals surface area contributed by atoms with E-state index in [4.69, 9.17) is 22.1 Å². The number of esters is 1. The lowest BCUT2D eigenvalue weighted by atomic mass is 10.2. The van der Waals surface area contributed by atoms with Gasteiger partial charge in [0.15, 0.2) is 6.61 Å². The van der Waals surface area contributed by atoms with Crippen molar-refractivity contribution in [3.8, 4) is 0 Å². The number of nitrogens with one attached hydrogen (secondary N) is 2. The number of carbonyl (C=O) groups excluding carboxylic acids is 3. The van der Waals surface area contributed by atoms with Gasteiger partial charge in [0.25, 0.3) is 11.8 Å². The van der Waals surface area contributed by atoms with E-state index in [1.165, 1.54) is 24.3 Å². The van der Waals surface area contributed by atoms with E-state index in [0.717, 1.165) is 0 Å². The van der Waals surface area contributed by atoms with Crippen LogP contribution in [0.15, 0.2) is 48.5 Å². The molecule has 124 valence electrons. The molecule has 0 fully saturated rings. The summed E-state index contributed by atoms with van der Waals surface area (Å²) in [4.78, 5) is 35.1. The van der Waals surface area contributed by atoms with Crippen molar-refractivity contribution in [2.45, 2.75) is 0 Å². The lowest BCUT2D eigenvalue weighted by Gasteiger charge is -2.08. The van der Waals surface area contributed by atoms with Crippen molar-refractivity contribution in [2.24, 2.45) is 0 Å². The monoisotopic (exact) mass is 347 g/mol. The number of hydrogen-bond donors (Lipinski definition) is 3. The summed E-state index contributed by atoms with van der Waals surface area (Å²) in [7, 11) is 0. The fourth-order valence-corrected chi connectivity index (χ4v) is 1.80. The highest BCUT2D eigenvalue weighted by Gasteiger charge is 2.11. The van der Waals surface area contributed by atoms with Gasteiger partial charge in [-0.15, -0.1) is 0 Å². The third kappa shape index (κ3) is 4.99. The Bertz CT molecular complexity index is 681. The first-order chi connectivity index (χ1) is 11.5. The van der Waals surface area contributed by atoms with E-state index in [2.05, 4.69) is 10.9 Å². The molecule has 2 aromatic carbocycles. The number of benzene rings is 2. The van der Waals surface area contributed by atoms with Gasteiger partial charge >= 0.3 is 5.97 Å². The first-order valence-electron chi connectivity index (χ1n) is 6.83. The quantitative estimate of drug-likeness (QED) is 0.441. The second kappa shape index (κ2) is 7.98. The first kappa shape index (κ1) is 17.3. The summed E-state index contributed by atoms with van der Waals surface area (Å²) in [6.07, 6.45) is 0. The molecule has 2 rings (SSSR count). The van der Waals surface area contributed by atoms with Crippen molar-refractivity contribution in [1.29, 1.82) is 0 Å². The van der Waals surface area contributed by atoms with E-state index in [-0.39, 0.29) is 5.56 Å². The van der Waals surface area contributed by atoms with Gasteiger partial charge in [0.05, 0.1) is 5.56 Å². The van der Waals surface area contributed by atoms with Crippen molar-refractivity contribution in [3.05, 3.63) is 64.7 Å².